The maximum atomic E-state index is 4.63. The van der Waals surface area contributed by atoms with Gasteiger partial charge in [0.25, 0.3) is 0 Å². The number of benzene rings is 1. The number of rotatable bonds is 6. The minimum absolute atomic E-state index is 0.723. The Labute approximate surface area is 150 Å². The van der Waals surface area contributed by atoms with Crippen molar-refractivity contribution in [1.82, 2.24) is 15.1 Å². The second-order valence-electron chi connectivity index (χ2n) is 6.73. The quantitative estimate of drug-likeness (QED) is 0.865. The van der Waals surface area contributed by atoms with Crippen LogP contribution in [0.4, 0.5) is 0 Å². The molecule has 3 rings (SSSR count). The van der Waals surface area contributed by atoms with E-state index in [-0.39, 0.29) is 0 Å². The van der Waals surface area contributed by atoms with Crippen LogP contribution in [0.15, 0.2) is 77.7 Å². The van der Waals surface area contributed by atoms with Crippen molar-refractivity contribution < 1.29 is 0 Å². The second kappa shape index (κ2) is 7.11. The fraction of sp³-hybridized carbons (Fsp3) is 0.286. The highest BCUT2D eigenvalue weighted by Gasteiger charge is 2.21. The molecule has 0 aliphatic carbocycles. The number of nitrogens with zero attached hydrogens (tertiary/aromatic N) is 3. The van der Waals surface area contributed by atoms with Crippen LogP contribution in [-0.2, 0) is 13.1 Å². The van der Waals surface area contributed by atoms with Crippen LogP contribution in [0.25, 0.3) is 0 Å². The van der Waals surface area contributed by atoms with Crippen molar-refractivity contribution in [3.63, 3.8) is 0 Å². The summed E-state index contributed by atoms with van der Waals surface area (Å²) >= 11 is 0. The lowest BCUT2D eigenvalue weighted by Gasteiger charge is -2.27. The molecule has 0 spiro atoms. The fourth-order valence-corrected chi connectivity index (χ4v) is 3.38. The molecule has 2 aliphatic rings. The number of fused-ring (bicyclic) bond motifs is 1. The van der Waals surface area contributed by atoms with Crippen LogP contribution in [0.5, 0.6) is 0 Å². The van der Waals surface area contributed by atoms with E-state index in [4.69, 9.17) is 0 Å². The van der Waals surface area contributed by atoms with E-state index < -0.39 is 0 Å². The molecule has 2 aliphatic heterocycles. The Morgan fingerprint density at radius 3 is 2.52 bits per heavy atom. The second-order valence-corrected chi connectivity index (χ2v) is 6.73. The Kier molecular flexibility index (Phi) is 4.91. The lowest BCUT2D eigenvalue weighted by molar-refractivity contribution is 0.303. The Morgan fingerprint density at radius 1 is 1.32 bits per heavy atom. The largest absolute Gasteiger partial charge is 0.366 e. The molecule has 0 saturated heterocycles. The molecule has 4 heteroatoms. The molecule has 0 aromatic heterocycles. The average Bonchev–Trinajstić information content (AvgIpc) is 2.98. The van der Waals surface area contributed by atoms with Gasteiger partial charge in [-0.1, -0.05) is 50.1 Å². The summed E-state index contributed by atoms with van der Waals surface area (Å²) in [5.41, 5.74) is 6.73. The van der Waals surface area contributed by atoms with Crippen LogP contribution in [0.2, 0.25) is 0 Å². The van der Waals surface area contributed by atoms with E-state index in [1.165, 1.54) is 11.1 Å². The highest BCUT2D eigenvalue weighted by atomic mass is 15.2. The minimum Gasteiger partial charge on any atom is -0.366 e. The number of hydrogen-bond donors (Lipinski definition) is 1. The van der Waals surface area contributed by atoms with Gasteiger partial charge in [0.05, 0.1) is 6.54 Å². The summed E-state index contributed by atoms with van der Waals surface area (Å²) in [6, 6.07) is 8.60. The highest BCUT2D eigenvalue weighted by Crippen LogP contribution is 2.25. The van der Waals surface area contributed by atoms with Crippen LogP contribution >= 0.6 is 0 Å². The Bertz CT molecular complexity index is 760. The van der Waals surface area contributed by atoms with Gasteiger partial charge in [0.1, 0.15) is 5.84 Å². The topological polar surface area (TPSA) is 30.9 Å². The van der Waals surface area contributed by atoms with Gasteiger partial charge < -0.3 is 10.2 Å². The van der Waals surface area contributed by atoms with Crippen LogP contribution in [0.1, 0.15) is 18.1 Å². The average molecular weight is 334 g/mol. The summed E-state index contributed by atoms with van der Waals surface area (Å²) in [5, 5.41) is 3.28. The smallest absolute Gasteiger partial charge is 0.120 e. The van der Waals surface area contributed by atoms with Gasteiger partial charge >= 0.3 is 0 Å². The normalized spacial score (nSPS) is 16.7. The van der Waals surface area contributed by atoms with Crippen molar-refractivity contribution >= 4 is 5.84 Å². The standard InChI is InChI=1S/C21H26N4/c1-6-20-16(3)22-21(23-17(20)4)14-24(5)11-15(2)25-12-18-9-7-8-10-19(18)13-25/h6-10H,1-3,11-14H2,4-5H3,(H,22,23). The number of aliphatic imine (C=N–C) groups is 1. The maximum Gasteiger partial charge on any atom is 0.120 e. The first-order valence-electron chi connectivity index (χ1n) is 8.53. The summed E-state index contributed by atoms with van der Waals surface area (Å²) in [7, 11) is 2.09. The summed E-state index contributed by atoms with van der Waals surface area (Å²) in [6.45, 7) is 17.6. The first kappa shape index (κ1) is 17.2. The zero-order valence-electron chi connectivity index (χ0n) is 15.2. The summed E-state index contributed by atoms with van der Waals surface area (Å²) in [6.07, 6.45) is 1.79. The number of amidine groups is 1. The van der Waals surface area contributed by atoms with E-state index in [1.54, 1.807) is 6.08 Å². The van der Waals surface area contributed by atoms with Gasteiger partial charge in [-0.2, -0.15) is 0 Å². The molecule has 0 amide bonds. The molecule has 0 unspecified atom stereocenters. The molecule has 0 saturated carbocycles. The van der Waals surface area contributed by atoms with Crippen LogP contribution in [-0.4, -0.2) is 35.8 Å². The molecule has 0 radical (unpaired) electrons. The lowest BCUT2D eigenvalue weighted by atomic mass is 10.1. The molecule has 25 heavy (non-hydrogen) atoms. The molecular weight excluding hydrogens is 308 g/mol. The third-order valence-electron chi connectivity index (χ3n) is 4.68. The van der Waals surface area contributed by atoms with E-state index in [2.05, 4.69) is 71.2 Å². The van der Waals surface area contributed by atoms with Crippen molar-refractivity contribution in [2.75, 3.05) is 20.1 Å². The van der Waals surface area contributed by atoms with E-state index >= 15 is 0 Å². The van der Waals surface area contributed by atoms with Crippen LogP contribution in [0, 0.1) is 0 Å². The van der Waals surface area contributed by atoms with Gasteiger partial charge in [-0.3, -0.25) is 4.90 Å². The van der Waals surface area contributed by atoms with E-state index in [9.17, 15) is 0 Å². The van der Waals surface area contributed by atoms with Crippen LogP contribution < -0.4 is 5.32 Å². The first-order chi connectivity index (χ1) is 12.0. The van der Waals surface area contributed by atoms with Crippen LogP contribution in [0.3, 0.4) is 0 Å². The van der Waals surface area contributed by atoms with Gasteiger partial charge in [-0.15, -0.1) is 0 Å². The number of nitrogens with one attached hydrogen (secondary N) is 1. The number of allylic oxidation sites excluding steroid dienone is 2. The van der Waals surface area contributed by atoms with Crippen molar-refractivity contribution in [3.8, 4) is 0 Å². The SMILES string of the molecule is C=CC1=C(C)N=C(CN(C)CC(=C)N2Cc3ccccc3C2)NC1=C. The fourth-order valence-electron chi connectivity index (χ4n) is 3.38. The molecular formula is C21H26N4. The number of hydrogen-bond acceptors (Lipinski definition) is 4. The first-order valence-corrected chi connectivity index (χ1v) is 8.53. The van der Waals surface area contributed by atoms with E-state index in [1.807, 2.05) is 6.92 Å². The number of likely N-dealkylation sites (N-methyl/N-ethyl adjacent to an activating group) is 1. The van der Waals surface area contributed by atoms with Crippen molar-refractivity contribution in [3.05, 3.63) is 83.9 Å². The van der Waals surface area contributed by atoms with Gasteiger partial charge in [-0.05, 0) is 25.1 Å². The Morgan fingerprint density at radius 2 is 1.96 bits per heavy atom. The third kappa shape index (κ3) is 3.74. The minimum atomic E-state index is 0.723. The molecule has 0 atom stereocenters. The Hall–Kier alpha value is -2.59. The molecule has 1 N–H and O–H groups in total. The van der Waals surface area contributed by atoms with Gasteiger partial charge in [0.15, 0.2) is 0 Å². The lowest BCUT2D eigenvalue weighted by Crippen LogP contribution is -2.38. The molecule has 0 bridgehead atoms. The molecule has 1 aromatic carbocycles. The van der Waals surface area contributed by atoms with Gasteiger partial charge in [0, 0.05) is 42.3 Å². The summed E-state index contributed by atoms with van der Waals surface area (Å²) in [4.78, 5) is 9.19. The Balaban J connectivity index is 1.58. The maximum absolute atomic E-state index is 4.63. The zero-order chi connectivity index (χ0) is 18.0. The van der Waals surface area contributed by atoms with Crippen molar-refractivity contribution in [2.45, 2.75) is 20.0 Å². The van der Waals surface area contributed by atoms with E-state index in [0.717, 1.165) is 54.7 Å². The van der Waals surface area contributed by atoms with Crippen molar-refractivity contribution in [2.24, 2.45) is 4.99 Å². The van der Waals surface area contributed by atoms with Gasteiger partial charge in [-0.25, -0.2) is 4.99 Å². The van der Waals surface area contributed by atoms with E-state index in [0.29, 0.717) is 0 Å². The monoisotopic (exact) mass is 334 g/mol. The third-order valence-corrected chi connectivity index (χ3v) is 4.68. The molecule has 2 heterocycles. The molecule has 4 nitrogen and oxygen atoms in total. The summed E-state index contributed by atoms with van der Waals surface area (Å²) in [5.74, 6) is 0.910. The molecule has 1 aromatic rings. The van der Waals surface area contributed by atoms with Crippen molar-refractivity contribution in [1.29, 1.82) is 0 Å². The predicted molar refractivity (Wildman–Crippen MR) is 105 cm³/mol. The van der Waals surface area contributed by atoms with Gasteiger partial charge in [0.2, 0.25) is 0 Å². The highest BCUT2D eigenvalue weighted by molar-refractivity contribution is 5.89. The molecule has 130 valence electrons. The summed E-state index contributed by atoms with van der Waals surface area (Å²) < 4.78 is 0. The predicted octanol–water partition coefficient (Wildman–Crippen LogP) is 3.42. The zero-order valence-corrected chi connectivity index (χ0v) is 15.2. The molecule has 0 fully saturated rings.